The monoisotopic (exact) mass is 264 g/mol. The van der Waals surface area contributed by atoms with Crippen LogP contribution in [-0.2, 0) is 0 Å². The van der Waals surface area contributed by atoms with Gasteiger partial charge < -0.3 is 15.3 Å². The fourth-order valence-corrected chi connectivity index (χ4v) is 1.54. The molecule has 2 amide bonds. The van der Waals surface area contributed by atoms with Crippen molar-refractivity contribution in [2.45, 2.75) is 20.3 Å². The van der Waals surface area contributed by atoms with Gasteiger partial charge in [0.1, 0.15) is 0 Å². The molecule has 0 aliphatic rings. The lowest BCUT2D eigenvalue weighted by Crippen LogP contribution is -2.33. The number of para-hydroxylation sites is 1. The number of benzene rings is 1. The quantitative estimate of drug-likeness (QED) is 0.859. The Labute approximate surface area is 113 Å². The molecule has 0 saturated carbocycles. The number of nitrogens with one attached hydrogen (secondary N) is 1. The van der Waals surface area contributed by atoms with Crippen molar-refractivity contribution in [3.05, 3.63) is 29.8 Å². The van der Waals surface area contributed by atoms with Crippen molar-refractivity contribution in [1.82, 2.24) is 4.90 Å². The minimum atomic E-state index is -1.05. The summed E-state index contributed by atoms with van der Waals surface area (Å²) in [6.45, 7) is 4.82. The van der Waals surface area contributed by atoms with E-state index in [1.54, 1.807) is 30.1 Å². The molecule has 5 heteroatoms. The number of urea groups is 1. The van der Waals surface area contributed by atoms with Gasteiger partial charge in [0.2, 0.25) is 0 Å². The van der Waals surface area contributed by atoms with Crippen molar-refractivity contribution in [2.75, 3.05) is 18.9 Å². The Bertz CT molecular complexity index is 458. The molecule has 0 aromatic heterocycles. The highest BCUT2D eigenvalue weighted by Gasteiger charge is 2.14. The fourth-order valence-electron chi connectivity index (χ4n) is 1.54. The summed E-state index contributed by atoms with van der Waals surface area (Å²) in [6.07, 6.45) is 0.907. The molecule has 0 bridgehead atoms. The molecule has 1 rings (SSSR count). The van der Waals surface area contributed by atoms with Gasteiger partial charge in [-0.25, -0.2) is 9.59 Å². The number of nitrogens with zero attached hydrogens (tertiary/aromatic N) is 1. The lowest BCUT2D eigenvalue weighted by molar-refractivity contribution is 0.0698. The van der Waals surface area contributed by atoms with Crippen molar-refractivity contribution in [3.63, 3.8) is 0 Å². The summed E-state index contributed by atoms with van der Waals surface area (Å²) in [5.41, 5.74) is 0.407. The predicted octanol–water partition coefficient (Wildman–Crippen LogP) is 2.89. The molecule has 1 aromatic rings. The zero-order valence-corrected chi connectivity index (χ0v) is 11.5. The van der Waals surface area contributed by atoms with Crippen LogP contribution in [0.15, 0.2) is 24.3 Å². The summed E-state index contributed by atoms with van der Waals surface area (Å²) in [7, 11) is 1.70. The number of anilines is 1. The summed E-state index contributed by atoms with van der Waals surface area (Å²) in [5, 5.41) is 11.6. The molecule has 0 fully saturated rings. The second-order valence-corrected chi connectivity index (χ2v) is 4.88. The van der Waals surface area contributed by atoms with Crippen LogP contribution in [0.2, 0.25) is 0 Å². The molecule has 2 N–H and O–H groups in total. The summed E-state index contributed by atoms with van der Waals surface area (Å²) in [4.78, 5) is 24.5. The summed E-state index contributed by atoms with van der Waals surface area (Å²) in [5.74, 6) is -0.540. The Morgan fingerprint density at radius 3 is 2.53 bits per heavy atom. The van der Waals surface area contributed by atoms with Crippen molar-refractivity contribution < 1.29 is 14.7 Å². The third kappa shape index (κ3) is 4.62. The van der Waals surface area contributed by atoms with Gasteiger partial charge in [-0.1, -0.05) is 26.0 Å². The van der Waals surface area contributed by atoms with Crippen molar-refractivity contribution >= 4 is 17.7 Å². The molecule has 5 nitrogen and oxygen atoms in total. The van der Waals surface area contributed by atoms with Gasteiger partial charge in [0, 0.05) is 13.6 Å². The molecule has 0 aliphatic carbocycles. The molecule has 0 atom stereocenters. The van der Waals surface area contributed by atoms with Crippen molar-refractivity contribution in [2.24, 2.45) is 5.92 Å². The van der Waals surface area contributed by atoms with Crippen LogP contribution in [0.3, 0.4) is 0 Å². The van der Waals surface area contributed by atoms with Gasteiger partial charge in [0.25, 0.3) is 0 Å². The molecule has 0 spiro atoms. The highest BCUT2D eigenvalue weighted by Crippen LogP contribution is 2.15. The number of rotatable bonds is 5. The average Bonchev–Trinajstić information content (AvgIpc) is 2.36. The Balaban J connectivity index is 2.69. The minimum Gasteiger partial charge on any atom is -0.478 e. The first-order valence-corrected chi connectivity index (χ1v) is 6.26. The van der Waals surface area contributed by atoms with Gasteiger partial charge >= 0.3 is 12.0 Å². The molecular formula is C14H20N2O3. The highest BCUT2D eigenvalue weighted by molar-refractivity contribution is 5.99. The largest absolute Gasteiger partial charge is 0.478 e. The lowest BCUT2D eigenvalue weighted by atomic mass is 10.1. The highest BCUT2D eigenvalue weighted by atomic mass is 16.4. The Morgan fingerprint density at radius 1 is 1.32 bits per heavy atom. The molecule has 0 radical (unpaired) electrons. The zero-order chi connectivity index (χ0) is 14.4. The first-order valence-electron chi connectivity index (χ1n) is 6.26. The maximum Gasteiger partial charge on any atom is 0.337 e. The van der Waals surface area contributed by atoms with Gasteiger partial charge in [-0.3, -0.25) is 0 Å². The summed E-state index contributed by atoms with van der Waals surface area (Å²) in [6, 6.07) is 6.07. The summed E-state index contributed by atoms with van der Waals surface area (Å²) < 4.78 is 0. The van der Waals surface area contributed by atoms with E-state index in [2.05, 4.69) is 19.2 Å². The normalized spacial score (nSPS) is 10.3. The lowest BCUT2D eigenvalue weighted by Gasteiger charge is -2.19. The van der Waals surface area contributed by atoms with Gasteiger partial charge in [0.05, 0.1) is 11.3 Å². The van der Waals surface area contributed by atoms with E-state index >= 15 is 0 Å². The maximum atomic E-state index is 11.9. The molecule has 0 saturated heterocycles. The molecule has 0 aliphatic heterocycles. The van der Waals surface area contributed by atoms with E-state index in [1.807, 2.05) is 0 Å². The van der Waals surface area contributed by atoms with E-state index in [1.165, 1.54) is 6.07 Å². The third-order valence-corrected chi connectivity index (χ3v) is 2.79. The second kappa shape index (κ2) is 6.78. The Morgan fingerprint density at radius 2 is 1.95 bits per heavy atom. The number of carboxylic acids is 1. The summed E-state index contributed by atoms with van der Waals surface area (Å²) >= 11 is 0. The van der Waals surface area contributed by atoms with Gasteiger partial charge in [0.15, 0.2) is 0 Å². The zero-order valence-electron chi connectivity index (χ0n) is 11.5. The topological polar surface area (TPSA) is 69.6 Å². The number of aromatic carboxylic acids is 1. The van der Waals surface area contributed by atoms with Crippen LogP contribution in [0.5, 0.6) is 0 Å². The molecule has 0 heterocycles. The number of carboxylic acid groups (broad SMARTS) is 1. The van der Waals surface area contributed by atoms with Crippen LogP contribution >= 0.6 is 0 Å². The van der Waals surface area contributed by atoms with Gasteiger partial charge in [-0.15, -0.1) is 0 Å². The molecular weight excluding hydrogens is 244 g/mol. The van der Waals surface area contributed by atoms with Crippen molar-refractivity contribution in [3.8, 4) is 0 Å². The van der Waals surface area contributed by atoms with Crippen LogP contribution in [0, 0.1) is 5.92 Å². The number of amides is 2. The Hall–Kier alpha value is -2.04. The van der Waals surface area contributed by atoms with Crippen LogP contribution in [0.4, 0.5) is 10.5 Å². The standard InChI is InChI=1S/C14H20N2O3/c1-10(2)8-9-16(3)14(19)15-12-7-5-4-6-11(12)13(17)18/h4-7,10H,8-9H2,1-3H3,(H,15,19)(H,17,18). The smallest absolute Gasteiger partial charge is 0.337 e. The minimum absolute atomic E-state index is 0.0908. The molecule has 104 valence electrons. The average molecular weight is 264 g/mol. The van der Waals surface area contributed by atoms with Crippen LogP contribution in [0.1, 0.15) is 30.6 Å². The van der Waals surface area contributed by atoms with Crippen LogP contribution < -0.4 is 5.32 Å². The van der Waals surface area contributed by atoms with Crippen LogP contribution in [0.25, 0.3) is 0 Å². The fraction of sp³-hybridized carbons (Fsp3) is 0.429. The van der Waals surface area contributed by atoms with E-state index in [9.17, 15) is 9.59 Å². The SMILES string of the molecule is CC(C)CCN(C)C(=O)Nc1ccccc1C(=O)O. The van der Waals surface area contributed by atoms with E-state index in [0.717, 1.165) is 6.42 Å². The third-order valence-electron chi connectivity index (χ3n) is 2.79. The van der Waals surface area contributed by atoms with E-state index in [0.29, 0.717) is 18.2 Å². The number of hydrogen-bond acceptors (Lipinski definition) is 2. The molecule has 0 unspecified atom stereocenters. The van der Waals surface area contributed by atoms with E-state index in [4.69, 9.17) is 5.11 Å². The maximum absolute atomic E-state index is 11.9. The molecule has 1 aromatic carbocycles. The number of hydrogen-bond donors (Lipinski definition) is 2. The number of carbonyl (C=O) groups is 2. The van der Waals surface area contributed by atoms with E-state index in [-0.39, 0.29) is 11.6 Å². The van der Waals surface area contributed by atoms with Crippen LogP contribution in [-0.4, -0.2) is 35.6 Å². The van der Waals surface area contributed by atoms with Gasteiger partial charge in [-0.05, 0) is 24.5 Å². The van der Waals surface area contributed by atoms with Crippen molar-refractivity contribution in [1.29, 1.82) is 0 Å². The second-order valence-electron chi connectivity index (χ2n) is 4.88. The first kappa shape index (κ1) is 15.0. The van der Waals surface area contributed by atoms with E-state index < -0.39 is 5.97 Å². The predicted molar refractivity (Wildman–Crippen MR) is 74.5 cm³/mol. The van der Waals surface area contributed by atoms with Gasteiger partial charge in [-0.2, -0.15) is 0 Å². The number of carbonyl (C=O) groups excluding carboxylic acids is 1. The Kier molecular flexibility index (Phi) is 5.36. The molecule has 19 heavy (non-hydrogen) atoms. The first-order chi connectivity index (χ1) is 8.91.